The van der Waals surface area contributed by atoms with Gasteiger partial charge in [0.25, 0.3) is 5.88 Å². The van der Waals surface area contributed by atoms with E-state index in [0.717, 1.165) is 18.7 Å². The van der Waals surface area contributed by atoms with E-state index in [4.69, 9.17) is 4.52 Å². The van der Waals surface area contributed by atoms with Crippen molar-refractivity contribution in [3.63, 3.8) is 0 Å². The summed E-state index contributed by atoms with van der Waals surface area (Å²) in [6, 6.07) is 1.72. The minimum absolute atomic E-state index is 0.00125. The molecule has 0 saturated heterocycles. The number of nitrogens with zero attached hydrogens (tertiary/aromatic N) is 5. The highest BCUT2D eigenvalue weighted by Gasteiger charge is 2.09. The van der Waals surface area contributed by atoms with Crippen LogP contribution >= 0.6 is 0 Å². The Morgan fingerprint density at radius 3 is 2.66 bits per heavy atom. The third kappa shape index (κ3) is 12.9. The number of unbranched alkanes of at least 4 members (excludes halogenated alkanes) is 1. The number of carbonyl (C=O) groups excluding carboxylic acids is 2. The smallest absolute Gasteiger partial charge is 0.250 e. The van der Waals surface area contributed by atoms with E-state index in [9.17, 15) is 9.59 Å². The Morgan fingerprint density at radius 1 is 1.26 bits per heavy atom. The molecule has 0 aliphatic heterocycles. The summed E-state index contributed by atoms with van der Waals surface area (Å²) in [5, 5.41) is 9.81. The van der Waals surface area contributed by atoms with E-state index in [0.29, 0.717) is 43.2 Å². The number of hydrogen-bond acceptors (Lipinski definition) is 8. The zero-order chi connectivity index (χ0) is 26.1. The van der Waals surface area contributed by atoms with Crippen molar-refractivity contribution in [1.82, 2.24) is 25.6 Å². The van der Waals surface area contributed by atoms with E-state index in [-0.39, 0.29) is 18.4 Å². The van der Waals surface area contributed by atoms with Crippen LogP contribution in [0, 0.1) is 18.8 Å². The molecule has 0 spiro atoms. The normalized spacial score (nSPS) is 11.8. The second-order valence-electron chi connectivity index (χ2n) is 8.03. The monoisotopic (exact) mass is 483 g/mol. The zero-order valence-corrected chi connectivity index (χ0v) is 21.4. The number of aliphatic imine (C=N–C) groups is 2. The summed E-state index contributed by atoms with van der Waals surface area (Å²) in [6.45, 7) is 9.32. The molecule has 1 aromatic rings. The quantitative estimate of drug-likeness (QED) is 0.181. The number of amides is 2. The van der Waals surface area contributed by atoms with E-state index in [1.165, 1.54) is 11.0 Å². The van der Waals surface area contributed by atoms with Crippen molar-refractivity contribution in [3.8, 4) is 11.8 Å². The molecule has 35 heavy (non-hydrogen) atoms. The first kappa shape index (κ1) is 29.3. The number of hydrogen-bond donors (Lipinski definition) is 2. The van der Waals surface area contributed by atoms with E-state index in [2.05, 4.69) is 44.3 Å². The number of allylic oxidation sites excluding steroid dienone is 1. The molecule has 0 aliphatic carbocycles. The van der Waals surface area contributed by atoms with Gasteiger partial charge in [-0.05, 0) is 40.6 Å². The molecule has 0 aliphatic rings. The summed E-state index contributed by atoms with van der Waals surface area (Å²) >= 11 is 0. The maximum atomic E-state index is 12.1. The standard InChI is InChI=1S/C25H37N7O3/c1-7-14-28-25(26-3)21(18-29-23-17-20(2)30-35-23)12-9-8-10-15-27-22(33)19-32(6)24(34)13-11-16-31(4)5/h11,13,17-18,28H,3,7-8,10,14-16,19H2,1-2,4-6H3,(H,27,33)/b13-11+,25-21+,29-18-. The van der Waals surface area contributed by atoms with Crippen molar-refractivity contribution in [3.05, 3.63) is 35.3 Å². The lowest BCUT2D eigenvalue weighted by atomic mass is 10.2. The fraction of sp³-hybridized carbons (Fsp3) is 0.480. The largest absolute Gasteiger partial charge is 0.369 e. The fourth-order valence-electron chi connectivity index (χ4n) is 2.57. The summed E-state index contributed by atoms with van der Waals surface area (Å²) < 4.78 is 5.10. The molecule has 1 heterocycles. The highest BCUT2D eigenvalue weighted by molar-refractivity contribution is 5.91. The van der Waals surface area contributed by atoms with Gasteiger partial charge in [0.15, 0.2) is 0 Å². The molecule has 0 radical (unpaired) electrons. The van der Waals surface area contributed by atoms with Crippen molar-refractivity contribution < 1.29 is 14.1 Å². The van der Waals surface area contributed by atoms with Crippen molar-refractivity contribution in [1.29, 1.82) is 0 Å². The second kappa shape index (κ2) is 16.8. The lowest BCUT2D eigenvalue weighted by Crippen LogP contribution is -2.38. The first-order chi connectivity index (χ1) is 16.8. The van der Waals surface area contributed by atoms with Crippen molar-refractivity contribution in [2.24, 2.45) is 9.98 Å². The molecule has 190 valence electrons. The van der Waals surface area contributed by atoms with Crippen molar-refractivity contribution in [2.45, 2.75) is 33.1 Å². The Bertz CT molecular complexity index is 981. The van der Waals surface area contributed by atoms with Crippen molar-refractivity contribution in [2.75, 3.05) is 47.3 Å². The number of aryl methyl sites for hydroxylation is 1. The van der Waals surface area contributed by atoms with Crippen LogP contribution < -0.4 is 10.6 Å². The Kier molecular flexibility index (Phi) is 14.1. The average Bonchev–Trinajstić information content (AvgIpc) is 3.23. The average molecular weight is 484 g/mol. The van der Waals surface area contributed by atoms with E-state index < -0.39 is 0 Å². The Morgan fingerprint density at radius 2 is 2.03 bits per heavy atom. The van der Waals surface area contributed by atoms with Crippen LogP contribution in [0.4, 0.5) is 5.88 Å². The Balaban J connectivity index is 2.58. The first-order valence-corrected chi connectivity index (χ1v) is 11.5. The zero-order valence-electron chi connectivity index (χ0n) is 21.4. The highest BCUT2D eigenvalue weighted by atomic mass is 16.5. The molecule has 0 unspecified atom stereocenters. The van der Waals surface area contributed by atoms with Gasteiger partial charge in [0.1, 0.15) is 5.82 Å². The minimum atomic E-state index is -0.216. The first-order valence-electron chi connectivity index (χ1n) is 11.5. The molecule has 0 atom stereocenters. The van der Waals surface area contributed by atoms with Crippen LogP contribution in [0.15, 0.2) is 44.1 Å². The van der Waals surface area contributed by atoms with E-state index in [1.54, 1.807) is 25.4 Å². The van der Waals surface area contributed by atoms with Gasteiger partial charge in [-0.2, -0.15) is 0 Å². The van der Waals surface area contributed by atoms with Crippen LogP contribution in [-0.2, 0) is 9.59 Å². The molecular formula is C25H37N7O3. The van der Waals surface area contributed by atoms with Crippen LogP contribution in [0.1, 0.15) is 31.9 Å². The third-order valence-corrected chi connectivity index (χ3v) is 4.40. The number of aromatic nitrogens is 1. The summed E-state index contributed by atoms with van der Waals surface area (Å²) in [5.41, 5.74) is 1.31. The van der Waals surface area contributed by atoms with Gasteiger partial charge in [0.05, 0.1) is 24.0 Å². The summed E-state index contributed by atoms with van der Waals surface area (Å²) in [7, 11) is 5.43. The lowest BCUT2D eigenvalue weighted by molar-refractivity contribution is -0.131. The third-order valence-electron chi connectivity index (χ3n) is 4.40. The topological polar surface area (TPSA) is 115 Å². The van der Waals surface area contributed by atoms with Crippen LogP contribution in [0.3, 0.4) is 0 Å². The second-order valence-corrected chi connectivity index (χ2v) is 8.03. The molecule has 10 nitrogen and oxygen atoms in total. The molecule has 0 fully saturated rings. The van der Waals surface area contributed by atoms with E-state index >= 15 is 0 Å². The number of rotatable bonds is 14. The maximum absolute atomic E-state index is 12.1. The van der Waals surface area contributed by atoms with Crippen LogP contribution in [0.5, 0.6) is 0 Å². The van der Waals surface area contributed by atoms with Gasteiger partial charge in [-0.1, -0.05) is 30.0 Å². The summed E-state index contributed by atoms with van der Waals surface area (Å²) in [6.07, 6.45) is 6.94. The summed E-state index contributed by atoms with van der Waals surface area (Å²) in [4.78, 5) is 35.7. The van der Waals surface area contributed by atoms with Gasteiger partial charge in [0.2, 0.25) is 11.8 Å². The number of nitrogens with one attached hydrogen (secondary N) is 2. The molecule has 2 amide bonds. The molecule has 0 saturated carbocycles. The molecule has 1 rings (SSSR count). The molecule has 1 aromatic heterocycles. The Hall–Kier alpha value is -3.71. The van der Waals surface area contributed by atoms with Gasteiger partial charge in [-0.15, -0.1) is 0 Å². The predicted molar refractivity (Wildman–Crippen MR) is 140 cm³/mol. The van der Waals surface area contributed by atoms with E-state index in [1.807, 2.05) is 32.8 Å². The Labute approximate surface area is 208 Å². The van der Waals surface area contributed by atoms with Crippen LogP contribution in [-0.4, -0.2) is 87.0 Å². The van der Waals surface area contributed by atoms with Crippen molar-refractivity contribution >= 4 is 30.6 Å². The summed E-state index contributed by atoms with van der Waals surface area (Å²) in [5.74, 6) is 6.64. The van der Waals surface area contributed by atoms with Crippen LogP contribution in [0.25, 0.3) is 0 Å². The fourth-order valence-corrected chi connectivity index (χ4v) is 2.57. The number of likely N-dealkylation sites (N-methyl/N-ethyl adjacent to an activating group) is 2. The SMILES string of the molecule is C=N/C(NCCC)=C(C#CCCCNC(=O)CN(C)C(=O)/C=C/CN(C)C)\C=N/c1cc(C)no1. The maximum Gasteiger partial charge on any atom is 0.250 e. The van der Waals surface area contributed by atoms with Crippen LogP contribution in [0.2, 0.25) is 0 Å². The molecule has 10 heteroatoms. The number of carbonyl (C=O) groups is 2. The molecule has 2 N–H and O–H groups in total. The van der Waals surface area contributed by atoms with Gasteiger partial charge in [0, 0.05) is 45.2 Å². The molecular weight excluding hydrogens is 446 g/mol. The van der Waals surface area contributed by atoms with Gasteiger partial charge < -0.3 is 25.0 Å². The molecule has 0 bridgehead atoms. The minimum Gasteiger partial charge on any atom is -0.369 e. The molecule has 0 aromatic carbocycles. The predicted octanol–water partition coefficient (Wildman–Crippen LogP) is 2.07. The lowest BCUT2D eigenvalue weighted by Gasteiger charge is -2.14. The van der Waals surface area contributed by atoms with Gasteiger partial charge >= 0.3 is 0 Å². The van der Waals surface area contributed by atoms with Gasteiger partial charge in [-0.25, -0.2) is 9.98 Å². The highest BCUT2D eigenvalue weighted by Crippen LogP contribution is 2.13. The van der Waals surface area contributed by atoms with Gasteiger partial charge in [-0.3, -0.25) is 9.59 Å².